The number of hydrogen-bond acceptors (Lipinski definition) is 1. The molecule has 0 fully saturated rings. The largest absolute Gasteiger partial charge is 0.417 e. The third kappa shape index (κ3) is 2.36. The van der Waals surface area contributed by atoms with Crippen LogP contribution in [0, 0.1) is 5.82 Å². The molecule has 0 saturated carbocycles. The van der Waals surface area contributed by atoms with Gasteiger partial charge in [0.1, 0.15) is 5.82 Å². The van der Waals surface area contributed by atoms with Crippen LogP contribution in [0.5, 0.6) is 0 Å². The first-order chi connectivity index (χ1) is 10.4. The normalized spacial score (nSPS) is 11.8. The summed E-state index contributed by atoms with van der Waals surface area (Å²) in [5, 5.41) is -0.449. The van der Waals surface area contributed by atoms with E-state index < -0.39 is 28.4 Å². The molecule has 1 aromatic heterocycles. The van der Waals surface area contributed by atoms with Crippen LogP contribution >= 0.6 is 0 Å². The number of halogens is 4. The zero-order valence-electron chi connectivity index (χ0n) is 11.0. The summed E-state index contributed by atoms with van der Waals surface area (Å²) in [6, 6.07) is 10.1. The molecule has 0 unspecified atom stereocenters. The summed E-state index contributed by atoms with van der Waals surface area (Å²) in [7, 11) is 0. The molecular weight excluding hydrogens is 298 g/mol. The second-order valence-electron chi connectivity index (χ2n) is 4.75. The summed E-state index contributed by atoms with van der Waals surface area (Å²) < 4.78 is 52.7. The third-order valence-electron chi connectivity index (χ3n) is 3.33. The van der Waals surface area contributed by atoms with E-state index in [-0.39, 0.29) is 16.8 Å². The van der Waals surface area contributed by atoms with Crippen LogP contribution in [-0.4, -0.2) is 4.98 Å². The number of pyridine rings is 1. The van der Waals surface area contributed by atoms with Gasteiger partial charge in [-0.15, -0.1) is 0 Å². The van der Waals surface area contributed by atoms with Crippen molar-refractivity contribution in [3.63, 3.8) is 0 Å². The monoisotopic (exact) mass is 307 g/mol. The fourth-order valence-corrected chi connectivity index (χ4v) is 2.37. The van der Waals surface area contributed by atoms with Crippen LogP contribution in [0.1, 0.15) is 5.56 Å². The highest BCUT2D eigenvalue weighted by molar-refractivity contribution is 5.85. The Morgan fingerprint density at radius 2 is 1.68 bits per heavy atom. The van der Waals surface area contributed by atoms with Crippen LogP contribution in [0.3, 0.4) is 0 Å². The van der Waals surface area contributed by atoms with Crippen molar-refractivity contribution >= 4 is 10.9 Å². The molecular formula is C16H9F4NO. The Morgan fingerprint density at radius 3 is 2.36 bits per heavy atom. The van der Waals surface area contributed by atoms with E-state index in [4.69, 9.17) is 0 Å². The van der Waals surface area contributed by atoms with Crippen LogP contribution < -0.4 is 5.43 Å². The number of hydrogen-bond donors (Lipinski definition) is 1. The molecule has 0 aliphatic rings. The Balaban J connectivity index is 2.32. The molecule has 6 heteroatoms. The summed E-state index contributed by atoms with van der Waals surface area (Å²) >= 11 is 0. The molecule has 22 heavy (non-hydrogen) atoms. The van der Waals surface area contributed by atoms with Gasteiger partial charge in [-0.3, -0.25) is 4.79 Å². The van der Waals surface area contributed by atoms with Gasteiger partial charge in [0.2, 0.25) is 0 Å². The summed E-state index contributed by atoms with van der Waals surface area (Å²) in [5.41, 5.74) is -1.54. The second kappa shape index (κ2) is 4.98. The number of rotatable bonds is 1. The number of aromatic nitrogens is 1. The van der Waals surface area contributed by atoms with Gasteiger partial charge >= 0.3 is 6.18 Å². The minimum absolute atomic E-state index is 0.0144. The molecule has 0 aliphatic heterocycles. The van der Waals surface area contributed by atoms with Crippen LogP contribution in [0.2, 0.25) is 0 Å². The van der Waals surface area contributed by atoms with E-state index in [1.54, 1.807) is 6.07 Å². The van der Waals surface area contributed by atoms with Crippen molar-refractivity contribution < 1.29 is 17.6 Å². The maximum Gasteiger partial charge on any atom is 0.417 e. The van der Waals surface area contributed by atoms with Gasteiger partial charge in [0, 0.05) is 11.6 Å². The SMILES string of the molecule is O=c1cc(-c2ccccc2F)[nH]c2cccc(C(F)(F)F)c12. The molecule has 0 aliphatic carbocycles. The van der Waals surface area contributed by atoms with Gasteiger partial charge in [0.25, 0.3) is 0 Å². The summed E-state index contributed by atoms with van der Waals surface area (Å²) in [6.07, 6.45) is -4.63. The molecule has 2 nitrogen and oxygen atoms in total. The quantitative estimate of drug-likeness (QED) is 0.666. The number of fused-ring (bicyclic) bond motifs is 1. The number of alkyl halides is 3. The topological polar surface area (TPSA) is 32.9 Å². The molecule has 0 amide bonds. The maximum atomic E-state index is 13.8. The maximum absolute atomic E-state index is 13.8. The van der Waals surface area contributed by atoms with Crippen LogP contribution in [-0.2, 0) is 6.18 Å². The molecule has 1 heterocycles. The van der Waals surface area contributed by atoms with Gasteiger partial charge in [-0.25, -0.2) is 4.39 Å². The van der Waals surface area contributed by atoms with Crippen LogP contribution in [0.15, 0.2) is 53.3 Å². The second-order valence-corrected chi connectivity index (χ2v) is 4.75. The average molecular weight is 307 g/mol. The number of nitrogens with one attached hydrogen (secondary N) is 1. The molecule has 0 atom stereocenters. The van der Waals surface area contributed by atoms with Crippen molar-refractivity contribution in [1.82, 2.24) is 4.98 Å². The Bertz CT molecular complexity index is 912. The Hall–Kier alpha value is -2.63. The molecule has 2 aromatic carbocycles. The van der Waals surface area contributed by atoms with Gasteiger partial charge in [-0.1, -0.05) is 18.2 Å². The van der Waals surface area contributed by atoms with Gasteiger partial charge in [0.05, 0.1) is 22.2 Å². The van der Waals surface area contributed by atoms with Crippen LogP contribution in [0.4, 0.5) is 17.6 Å². The van der Waals surface area contributed by atoms with E-state index in [0.29, 0.717) is 0 Å². The van der Waals surface area contributed by atoms with Crippen molar-refractivity contribution in [3.8, 4) is 11.3 Å². The molecule has 0 saturated heterocycles. The highest BCUT2D eigenvalue weighted by Crippen LogP contribution is 2.33. The summed E-state index contributed by atoms with van der Waals surface area (Å²) in [6.45, 7) is 0. The van der Waals surface area contributed by atoms with Crippen LogP contribution in [0.25, 0.3) is 22.2 Å². The smallest absolute Gasteiger partial charge is 0.354 e. The number of H-pyrrole nitrogens is 1. The number of benzene rings is 2. The zero-order chi connectivity index (χ0) is 15.9. The molecule has 3 aromatic rings. The first-order valence-corrected chi connectivity index (χ1v) is 6.36. The molecule has 0 spiro atoms. The first kappa shape index (κ1) is 14.3. The zero-order valence-corrected chi connectivity index (χ0v) is 11.0. The Kier molecular flexibility index (Phi) is 3.24. The van der Waals surface area contributed by atoms with E-state index in [2.05, 4.69) is 4.98 Å². The lowest BCUT2D eigenvalue weighted by atomic mass is 10.0. The highest BCUT2D eigenvalue weighted by Gasteiger charge is 2.33. The third-order valence-corrected chi connectivity index (χ3v) is 3.33. The minimum Gasteiger partial charge on any atom is -0.354 e. The molecule has 0 radical (unpaired) electrons. The van der Waals surface area contributed by atoms with E-state index in [1.807, 2.05) is 0 Å². The van der Waals surface area contributed by atoms with Crippen molar-refractivity contribution in [2.45, 2.75) is 6.18 Å². The number of aromatic amines is 1. The van der Waals surface area contributed by atoms with E-state index >= 15 is 0 Å². The van der Waals surface area contributed by atoms with Crippen molar-refractivity contribution in [1.29, 1.82) is 0 Å². The van der Waals surface area contributed by atoms with Crippen molar-refractivity contribution in [3.05, 3.63) is 70.1 Å². The van der Waals surface area contributed by atoms with Gasteiger partial charge in [-0.05, 0) is 24.3 Å². The van der Waals surface area contributed by atoms with Crippen molar-refractivity contribution in [2.75, 3.05) is 0 Å². The lowest BCUT2D eigenvalue weighted by molar-refractivity contribution is -0.136. The average Bonchev–Trinajstić information content (AvgIpc) is 2.46. The predicted molar refractivity (Wildman–Crippen MR) is 75.0 cm³/mol. The Morgan fingerprint density at radius 1 is 0.955 bits per heavy atom. The minimum atomic E-state index is -4.63. The predicted octanol–water partition coefficient (Wildman–Crippen LogP) is 4.35. The van der Waals surface area contributed by atoms with Gasteiger partial charge < -0.3 is 4.98 Å². The lowest BCUT2D eigenvalue weighted by Crippen LogP contribution is -2.13. The Labute approximate surface area is 122 Å². The van der Waals surface area contributed by atoms with Gasteiger partial charge in [-0.2, -0.15) is 13.2 Å². The van der Waals surface area contributed by atoms with E-state index in [9.17, 15) is 22.4 Å². The van der Waals surface area contributed by atoms with E-state index in [1.165, 1.54) is 30.3 Å². The van der Waals surface area contributed by atoms with Crippen molar-refractivity contribution in [2.24, 2.45) is 0 Å². The molecule has 112 valence electrons. The molecule has 1 N–H and O–H groups in total. The highest BCUT2D eigenvalue weighted by atomic mass is 19.4. The lowest BCUT2D eigenvalue weighted by Gasteiger charge is -2.11. The standard InChI is InChI=1S/C16H9F4NO/c17-11-6-2-1-4-9(11)13-8-14(22)15-10(16(18,19)20)5-3-7-12(15)21-13/h1-8H,(H,21,22). The molecule has 0 bridgehead atoms. The van der Waals surface area contributed by atoms with Gasteiger partial charge in [0.15, 0.2) is 5.43 Å². The fourth-order valence-electron chi connectivity index (χ4n) is 2.37. The summed E-state index contributed by atoms with van der Waals surface area (Å²) in [4.78, 5) is 14.8. The fraction of sp³-hybridized carbons (Fsp3) is 0.0625. The summed E-state index contributed by atoms with van der Waals surface area (Å²) in [5.74, 6) is -0.565. The van der Waals surface area contributed by atoms with E-state index in [0.717, 1.165) is 12.1 Å². The molecule has 3 rings (SSSR count). The first-order valence-electron chi connectivity index (χ1n) is 6.36.